The van der Waals surface area contributed by atoms with Crippen molar-refractivity contribution in [2.75, 3.05) is 5.32 Å². The molecule has 7 heteroatoms. The molecule has 0 unspecified atom stereocenters. The molecule has 0 aliphatic heterocycles. The monoisotopic (exact) mass is 394 g/mol. The minimum atomic E-state index is 0.487. The van der Waals surface area contributed by atoms with Crippen LogP contribution in [0.3, 0.4) is 0 Å². The zero-order valence-electron chi connectivity index (χ0n) is 13.8. The van der Waals surface area contributed by atoms with Crippen LogP contribution in [-0.2, 0) is 0 Å². The maximum Gasteiger partial charge on any atom is 0.206 e. The third kappa shape index (κ3) is 2.72. The van der Waals surface area contributed by atoms with E-state index in [0.29, 0.717) is 21.7 Å². The molecule has 0 amide bonds. The number of para-hydroxylation sites is 1. The van der Waals surface area contributed by atoms with E-state index in [1.54, 1.807) is 24.7 Å². The van der Waals surface area contributed by atoms with Gasteiger partial charge < -0.3 is 14.7 Å². The summed E-state index contributed by atoms with van der Waals surface area (Å²) in [5.74, 6) is 1.20. The number of fused-ring (bicyclic) bond motifs is 3. The number of imidazole rings is 1. The second-order valence-corrected chi connectivity index (χ2v) is 6.84. The van der Waals surface area contributed by atoms with Crippen molar-refractivity contribution in [3.05, 3.63) is 71.2 Å². The van der Waals surface area contributed by atoms with E-state index in [-0.39, 0.29) is 0 Å². The van der Waals surface area contributed by atoms with Crippen LogP contribution >= 0.6 is 23.2 Å². The molecule has 0 saturated carbocycles. The Morgan fingerprint density at radius 2 is 1.89 bits per heavy atom. The van der Waals surface area contributed by atoms with Gasteiger partial charge in [0.2, 0.25) is 5.88 Å². The minimum absolute atomic E-state index is 0.487. The Labute approximate surface area is 164 Å². The molecule has 0 spiro atoms. The first kappa shape index (κ1) is 16.2. The summed E-state index contributed by atoms with van der Waals surface area (Å²) in [5, 5.41) is 5.27. The Morgan fingerprint density at radius 1 is 1.00 bits per heavy atom. The van der Waals surface area contributed by atoms with Gasteiger partial charge in [-0.25, -0.2) is 9.97 Å². The quantitative estimate of drug-likeness (QED) is 0.370. The van der Waals surface area contributed by atoms with Gasteiger partial charge in [-0.2, -0.15) is 0 Å². The molecular weight excluding hydrogens is 383 g/mol. The molecule has 0 atom stereocenters. The number of anilines is 2. The number of hydrogen-bond acceptors (Lipinski definition) is 4. The van der Waals surface area contributed by atoms with Crippen molar-refractivity contribution in [1.82, 2.24) is 15.0 Å². The normalized spacial score (nSPS) is 11.3. The van der Waals surface area contributed by atoms with Crippen molar-refractivity contribution in [3.63, 3.8) is 0 Å². The average molecular weight is 395 g/mol. The first-order chi connectivity index (χ1) is 13.2. The number of aromatic amines is 1. The Hall–Kier alpha value is -3.02. The lowest BCUT2D eigenvalue weighted by Crippen LogP contribution is -1.96. The van der Waals surface area contributed by atoms with Crippen molar-refractivity contribution < 1.29 is 4.42 Å². The van der Waals surface area contributed by atoms with Crippen molar-refractivity contribution in [1.29, 1.82) is 0 Å². The molecule has 0 bridgehead atoms. The first-order valence-electron chi connectivity index (χ1n) is 8.22. The molecule has 0 saturated heterocycles. The predicted molar refractivity (Wildman–Crippen MR) is 109 cm³/mol. The van der Waals surface area contributed by atoms with Gasteiger partial charge in [-0.3, -0.25) is 0 Å². The van der Waals surface area contributed by atoms with E-state index in [9.17, 15) is 0 Å². The maximum atomic E-state index is 6.16. The number of halogens is 2. The van der Waals surface area contributed by atoms with Crippen LogP contribution in [0.4, 0.5) is 11.7 Å². The molecule has 2 aromatic carbocycles. The van der Waals surface area contributed by atoms with Gasteiger partial charge in [0.25, 0.3) is 0 Å². The second-order valence-electron chi connectivity index (χ2n) is 6.02. The summed E-state index contributed by atoms with van der Waals surface area (Å²) < 4.78 is 5.67. The van der Waals surface area contributed by atoms with Gasteiger partial charge in [0.05, 0.1) is 28.2 Å². The van der Waals surface area contributed by atoms with Crippen LogP contribution in [0.25, 0.3) is 33.1 Å². The molecule has 0 radical (unpaired) electrons. The molecule has 2 N–H and O–H groups in total. The van der Waals surface area contributed by atoms with Crippen LogP contribution in [0, 0.1) is 0 Å². The molecule has 3 heterocycles. The Kier molecular flexibility index (Phi) is 3.77. The van der Waals surface area contributed by atoms with Crippen LogP contribution in [0.1, 0.15) is 0 Å². The Balaban J connectivity index is 1.63. The molecular formula is C20H12Cl2N4O. The lowest BCUT2D eigenvalue weighted by atomic mass is 10.1. The number of furan rings is 1. The van der Waals surface area contributed by atoms with Gasteiger partial charge in [0.1, 0.15) is 11.0 Å². The number of rotatable bonds is 3. The van der Waals surface area contributed by atoms with Crippen molar-refractivity contribution in [3.8, 4) is 11.1 Å². The maximum absolute atomic E-state index is 6.16. The largest absolute Gasteiger partial charge is 0.448 e. The molecule has 27 heavy (non-hydrogen) atoms. The number of nitrogens with zero attached hydrogens (tertiary/aromatic N) is 2. The van der Waals surface area contributed by atoms with Crippen LogP contribution in [0.5, 0.6) is 0 Å². The summed E-state index contributed by atoms with van der Waals surface area (Å²) >= 11 is 12.2. The number of nitrogens with one attached hydrogen (secondary N) is 2. The van der Waals surface area contributed by atoms with E-state index in [4.69, 9.17) is 32.6 Å². The number of benzene rings is 2. The van der Waals surface area contributed by atoms with Crippen LogP contribution in [0.2, 0.25) is 10.0 Å². The topological polar surface area (TPSA) is 66.7 Å². The zero-order valence-corrected chi connectivity index (χ0v) is 15.3. The van der Waals surface area contributed by atoms with E-state index in [1.165, 1.54) is 0 Å². The zero-order chi connectivity index (χ0) is 18.4. The molecule has 132 valence electrons. The van der Waals surface area contributed by atoms with E-state index >= 15 is 0 Å². The van der Waals surface area contributed by atoms with Crippen molar-refractivity contribution >= 4 is 56.8 Å². The van der Waals surface area contributed by atoms with E-state index in [1.807, 2.05) is 36.4 Å². The van der Waals surface area contributed by atoms with Gasteiger partial charge in [-0.15, -0.1) is 0 Å². The lowest BCUT2D eigenvalue weighted by Gasteiger charge is -2.09. The molecule has 0 aliphatic carbocycles. The highest BCUT2D eigenvalue weighted by atomic mass is 35.5. The summed E-state index contributed by atoms with van der Waals surface area (Å²) in [6, 6.07) is 15.2. The van der Waals surface area contributed by atoms with Gasteiger partial charge in [0, 0.05) is 10.9 Å². The predicted octanol–water partition coefficient (Wildman–Crippen LogP) is 6.42. The Bertz CT molecular complexity index is 1290. The average Bonchev–Trinajstić information content (AvgIpc) is 3.34. The van der Waals surface area contributed by atoms with Crippen molar-refractivity contribution in [2.45, 2.75) is 0 Å². The second kappa shape index (κ2) is 6.30. The molecule has 0 fully saturated rings. The minimum Gasteiger partial charge on any atom is -0.448 e. The summed E-state index contributed by atoms with van der Waals surface area (Å²) in [5.41, 5.74) is 4.26. The van der Waals surface area contributed by atoms with E-state index < -0.39 is 0 Å². The number of aromatic nitrogens is 3. The molecule has 5 aromatic rings. The fraction of sp³-hybridized carbons (Fsp3) is 0. The smallest absolute Gasteiger partial charge is 0.206 e. The molecule has 5 rings (SSSR count). The highest BCUT2D eigenvalue weighted by Gasteiger charge is 2.15. The third-order valence-corrected chi connectivity index (χ3v) is 5.13. The van der Waals surface area contributed by atoms with Gasteiger partial charge in [-0.1, -0.05) is 47.5 Å². The SMILES string of the molecule is Clc1ccc(-c2ccoc2Nc2nc3ccccc3c3nc[nH]c23)cc1Cl. The van der Waals surface area contributed by atoms with Gasteiger partial charge in [0.15, 0.2) is 5.82 Å². The van der Waals surface area contributed by atoms with Crippen LogP contribution < -0.4 is 5.32 Å². The number of H-pyrrole nitrogens is 1. The van der Waals surface area contributed by atoms with E-state index in [0.717, 1.165) is 33.1 Å². The highest BCUT2D eigenvalue weighted by Crippen LogP contribution is 2.36. The number of hydrogen-bond donors (Lipinski definition) is 2. The fourth-order valence-corrected chi connectivity index (χ4v) is 3.42. The number of pyridine rings is 1. The summed E-state index contributed by atoms with van der Waals surface area (Å²) in [6.45, 7) is 0. The standard InChI is InChI=1S/C20H12Cl2N4O/c21-14-6-5-11(9-15(14)22)12-7-8-27-20(12)26-19-18-17(23-10-24-18)13-3-1-2-4-16(13)25-19/h1-10H,(H,23,24)(H,25,26). The lowest BCUT2D eigenvalue weighted by molar-refractivity contribution is 0.585. The third-order valence-electron chi connectivity index (χ3n) is 4.40. The van der Waals surface area contributed by atoms with Gasteiger partial charge >= 0.3 is 0 Å². The fourth-order valence-electron chi connectivity index (χ4n) is 3.12. The Morgan fingerprint density at radius 3 is 2.78 bits per heavy atom. The summed E-state index contributed by atoms with van der Waals surface area (Å²) in [7, 11) is 0. The summed E-state index contributed by atoms with van der Waals surface area (Å²) in [6.07, 6.45) is 3.28. The summed E-state index contributed by atoms with van der Waals surface area (Å²) in [4.78, 5) is 12.3. The van der Waals surface area contributed by atoms with Crippen LogP contribution in [0.15, 0.2) is 65.5 Å². The van der Waals surface area contributed by atoms with E-state index in [2.05, 4.69) is 15.3 Å². The van der Waals surface area contributed by atoms with Crippen LogP contribution in [-0.4, -0.2) is 15.0 Å². The highest BCUT2D eigenvalue weighted by molar-refractivity contribution is 6.42. The molecule has 0 aliphatic rings. The molecule has 3 aromatic heterocycles. The molecule has 5 nitrogen and oxygen atoms in total. The van der Waals surface area contributed by atoms with Gasteiger partial charge in [-0.05, 0) is 29.8 Å². The van der Waals surface area contributed by atoms with Crippen molar-refractivity contribution in [2.24, 2.45) is 0 Å². The first-order valence-corrected chi connectivity index (χ1v) is 8.98.